The van der Waals surface area contributed by atoms with E-state index in [-0.39, 0.29) is 24.7 Å². The van der Waals surface area contributed by atoms with Gasteiger partial charge in [-0.15, -0.1) is 0 Å². The average Bonchev–Trinajstić information content (AvgIpc) is 2.77. The number of hydrogen-bond donors (Lipinski definition) is 2. The van der Waals surface area contributed by atoms with E-state index in [2.05, 4.69) is 5.32 Å². The van der Waals surface area contributed by atoms with Crippen LogP contribution < -0.4 is 5.32 Å². The van der Waals surface area contributed by atoms with E-state index >= 15 is 0 Å². The summed E-state index contributed by atoms with van der Waals surface area (Å²) in [6.07, 6.45) is 0.299. The van der Waals surface area contributed by atoms with Crippen molar-refractivity contribution in [3.8, 4) is 0 Å². The van der Waals surface area contributed by atoms with E-state index < -0.39 is 26.1 Å². The number of rotatable bonds is 5. The Balaban J connectivity index is 2.19. The minimum atomic E-state index is -3.72. The van der Waals surface area contributed by atoms with Crippen molar-refractivity contribution in [3.05, 3.63) is 0 Å². The van der Waals surface area contributed by atoms with E-state index in [1.807, 2.05) is 0 Å². The highest BCUT2D eigenvalue weighted by molar-refractivity contribution is 7.91. The van der Waals surface area contributed by atoms with Crippen LogP contribution in [0.4, 0.5) is 0 Å². The summed E-state index contributed by atoms with van der Waals surface area (Å²) in [5.74, 6) is -0.144. The smallest absolute Gasteiger partial charge is 0.282 e. The summed E-state index contributed by atoms with van der Waals surface area (Å²) < 4.78 is 50.8. The Bertz CT molecular complexity index is 527. The lowest BCUT2D eigenvalue weighted by atomic mass is 10.3. The molecule has 2 rings (SSSR count). The summed E-state index contributed by atoms with van der Waals surface area (Å²) in [4.78, 5) is 0. The van der Waals surface area contributed by atoms with Crippen molar-refractivity contribution in [1.82, 2.24) is 13.9 Å². The number of piperazine rings is 1. The molecule has 2 N–H and O–H groups in total. The van der Waals surface area contributed by atoms with Gasteiger partial charge in [-0.05, 0) is 6.42 Å². The molecule has 20 heavy (non-hydrogen) atoms. The van der Waals surface area contributed by atoms with Crippen molar-refractivity contribution in [2.75, 3.05) is 50.8 Å². The first kappa shape index (κ1) is 16.1. The van der Waals surface area contributed by atoms with E-state index in [0.717, 1.165) is 4.31 Å². The molecule has 2 fully saturated rings. The number of aliphatic hydroxyl groups excluding tert-OH is 1. The predicted molar refractivity (Wildman–Crippen MR) is 74.2 cm³/mol. The largest absolute Gasteiger partial charge is 0.395 e. The van der Waals surface area contributed by atoms with Crippen LogP contribution in [-0.4, -0.2) is 87.4 Å². The number of sulfone groups is 1. The maximum absolute atomic E-state index is 12.6. The summed E-state index contributed by atoms with van der Waals surface area (Å²) in [7, 11) is -6.89. The Morgan fingerprint density at radius 1 is 1.30 bits per heavy atom. The lowest BCUT2D eigenvalue weighted by Crippen LogP contribution is -2.55. The molecule has 1 atom stereocenters. The zero-order valence-electron chi connectivity index (χ0n) is 11.2. The van der Waals surface area contributed by atoms with E-state index in [4.69, 9.17) is 5.11 Å². The van der Waals surface area contributed by atoms with Crippen LogP contribution in [0.3, 0.4) is 0 Å². The molecule has 0 aromatic carbocycles. The highest BCUT2D eigenvalue weighted by Crippen LogP contribution is 2.22. The quantitative estimate of drug-likeness (QED) is 0.584. The van der Waals surface area contributed by atoms with Crippen LogP contribution in [0, 0.1) is 0 Å². The summed E-state index contributed by atoms with van der Waals surface area (Å²) in [6, 6.07) is -0.563. The maximum atomic E-state index is 12.6. The fourth-order valence-corrected chi connectivity index (χ4v) is 6.25. The second kappa shape index (κ2) is 6.24. The van der Waals surface area contributed by atoms with Gasteiger partial charge in [-0.2, -0.15) is 17.0 Å². The third kappa shape index (κ3) is 3.49. The van der Waals surface area contributed by atoms with E-state index in [1.165, 1.54) is 4.31 Å². The van der Waals surface area contributed by atoms with Crippen LogP contribution in [0.2, 0.25) is 0 Å². The molecule has 118 valence electrons. The fraction of sp³-hybridized carbons (Fsp3) is 1.00. The molecule has 0 spiro atoms. The zero-order valence-corrected chi connectivity index (χ0v) is 12.9. The van der Waals surface area contributed by atoms with Crippen molar-refractivity contribution in [2.45, 2.75) is 12.5 Å². The number of nitrogens with one attached hydrogen (secondary N) is 1. The van der Waals surface area contributed by atoms with E-state index in [0.29, 0.717) is 32.6 Å². The average molecular weight is 327 g/mol. The van der Waals surface area contributed by atoms with E-state index in [1.54, 1.807) is 0 Å². The first-order chi connectivity index (χ1) is 9.37. The van der Waals surface area contributed by atoms with Gasteiger partial charge in [0.2, 0.25) is 0 Å². The maximum Gasteiger partial charge on any atom is 0.282 e. The standard InChI is InChI=1S/C10H21N3O5S2/c14-7-6-13(10-1-8-19(15,16)9-10)20(17,18)12-4-2-11-3-5-12/h10-11,14H,1-9H2. The van der Waals surface area contributed by atoms with Gasteiger partial charge in [0, 0.05) is 38.8 Å². The number of aliphatic hydroxyl groups is 1. The van der Waals surface area contributed by atoms with Gasteiger partial charge >= 0.3 is 0 Å². The van der Waals surface area contributed by atoms with Crippen LogP contribution in [-0.2, 0) is 20.0 Å². The molecule has 8 nitrogen and oxygen atoms in total. The van der Waals surface area contributed by atoms with Crippen molar-refractivity contribution in [3.63, 3.8) is 0 Å². The zero-order chi connectivity index (χ0) is 14.8. The molecular formula is C10H21N3O5S2. The molecule has 0 saturated carbocycles. The summed E-state index contributed by atoms with van der Waals surface area (Å²) in [5, 5.41) is 12.2. The summed E-state index contributed by atoms with van der Waals surface area (Å²) in [6.45, 7) is 1.51. The Morgan fingerprint density at radius 3 is 2.45 bits per heavy atom. The van der Waals surface area contributed by atoms with Gasteiger partial charge in [0.15, 0.2) is 9.84 Å². The highest BCUT2D eigenvalue weighted by atomic mass is 32.2. The lowest BCUT2D eigenvalue weighted by Gasteiger charge is -2.34. The molecule has 1 unspecified atom stereocenters. The monoisotopic (exact) mass is 327 g/mol. The van der Waals surface area contributed by atoms with E-state index in [9.17, 15) is 16.8 Å². The molecule has 0 aromatic rings. The Kier molecular flexibility index (Phi) is 5.03. The minimum absolute atomic E-state index is 0.0106. The van der Waals surface area contributed by atoms with Gasteiger partial charge < -0.3 is 10.4 Å². The normalized spacial score (nSPS) is 28.0. The first-order valence-electron chi connectivity index (χ1n) is 6.66. The molecule has 0 aliphatic carbocycles. The van der Waals surface area contributed by atoms with Gasteiger partial charge in [-0.25, -0.2) is 8.42 Å². The van der Waals surface area contributed by atoms with Gasteiger partial charge in [0.1, 0.15) is 0 Å². The Morgan fingerprint density at radius 2 is 1.95 bits per heavy atom. The van der Waals surface area contributed by atoms with Crippen molar-refractivity contribution < 1.29 is 21.9 Å². The van der Waals surface area contributed by atoms with Crippen LogP contribution in [0.5, 0.6) is 0 Å². The third-order valence-electron chi connectivity index (χ3n) is 3.63. The summed E-state index contributed by atoms with van der Waals surface area (Å²) in [5.41, 5.74) is 0. The molecule has 2 aliphatic heterocycles. The molecule has 0 radical (unpaired) electrons. The van der Waals surface area contributed by atoms with Gasteiger partial charge in [-0.3, -0.25) is 0 Å². The van der Waals surface area contributed by atoms with Gasteiger partial charge in [-0.1, -0.05) is 0 Å². The topological polar surface area (TPSA) is 107 Å². The molecule has 0 amide bonds. The first-order valence-corrected chi connectivity index (χ1v) is 9.87. The molecule has 2 heterocycles. The highest BCUT2D eigenvalue weighted by Gasteiger charge is 2.40. The molecule has 0 aromatic heterocycles. The molecule has 10 heteroatoms. The minimum Gasteiger partial charge on any atom is -0.395 e. The molecule has 0 bridgehead atoms. The fourth-order valence-electron chi connectivity index (χ4n) is 2.61. The van der Waals surface area contributed by atoms with Gasteiger partial charge in [0.05, 0.1) is 18.1 Å². The second-order valence-electron chi connectivity index (χ2n) is 5.05. The van der Waals surface area contributed by atoms with Crippen molar-refractivity contribution in [1.29, 1.82) is 0 Å². The SMILES string of the molecule is O=S1(=O)CCC(N(CCO)S(=O)(=O)N2CCNCC2)C1. The third-order valence-corrected chi connectivity index (χ3v) is 7.48. The predicted octanol–water partition coefficient (Wildman–Crippen LogP) is -2.38. The van der Waals surface area contributed by atoms with Crippen LogP contribution in [0.15, 0.2) is 0 Å². The molecule has 2 aliphatic rings. The van der Waals surface area contributed by atoms with Gasteiger partial charge in [0.25, 0.3) is 10.2 Å². The summed E-state index contributed by atoms with van der Waals surface area (Å²) >= 11 is 0. The van der Waals surface area contributed by atoms with Crippen molar-refractivity contribution >= 4 is 20.0 Å². The molecule has 2 saturated heterocycles. The lowest BCUT2D eigenvalue weighted by molar-refractivity contribution is 0.218. The number of hydrogen-bond acceptors (Lipinski definition) is 6. The molecular weight excluding hydrogens is 306 g/mol. The van der Waals surface area contributed by atoms with Crippen molar-refractivity contribution in [2.24, 2.45) is 0 Å². The Labute approximate surface area is 119 Å². The van der Waals surface area contributed by atoms with Crippen LogP contribution in [0.25, 0.3) is 0 Å². The Hall–Kier alpha value is -0.260. The van der Waals surface area contributed by atoms with Crippen LogP contribution >= 0.6 is 0 Å². The number of nitrogens with zero attached hydrogens (tertiary/aromatic N) is 2. The second-order valence-corrected chi connectivity index (χ2v) is 9.16. The van der Waals surface area contributed by atoms with Crippen LogP contribution in [0.1, 0.15) is 6.42 Å².